The molecule has 0 unspecified atom stereocenters. The molecule has 0 saturated heterocycles. The average Bonchev–Trinajstić information content (AvgIpc) is 3.26. The van der Waals surface area contributed by atoms with Crippen molar-refractivity contribution in [1.29, 1.82) is 0 Å². The first kappa shape index (κ1) is 15.3. The molecule has 6 nitrogen and oxygen atoms in total. The molecule has 1 aromatic rings. The van der Waals surface area contributed by atoms with Gasteiger partial charge < -0.3 is 20.1 Å². The van der Waals surface area contributed by atoms with Crippen molar-refractivity contribution in [2.75, 3.05) is 25.6 Å². The van der Waals surface area contributed by atoms with Gasteiger partial charge in [0, 0.05) is 25.4 Å². The van der Waals surface area contributed by atoms with Crippen LogP contribution in [0.1, 0.15) is 28.8 Å². The summed E-state index contributed by atoms with van der Waals surface area (Å²) in [5, 5.41) is 11.8. The highest BCUT2D eigenvalue weighted by atomic mass is 16.5. The number of nitrogens with one attached hydrogen (secondary N) is 1. The van der Waals surface area contributed by atoms with E-state index >= 15 is 0 Å². The van der Waals surface area contributed by atoms with Crippen LogP contribution in [0.15, 0.2) is 18.2 Å². The predicted octanol–water partition coefficient (Wildman–Crippen LogP) is 2.34. The van der Waals surface area contributed by atoms with Crippen molar-refractivity contribution in [3.8, 4) is 0 Å². The number of nitrogens with zero attached hydrogens (tertiary/aromatic N) is 1. The molecule has 0 heterocycles. The molecule has 1 aromatic carbocycles. The first-order chi connectivity index (χ1) is 10.0. The molecule has 1 aliphatic carbocycles. The molecule has 21 heavy (non-hydrogen) atoms. The fourth-order valence-electron chi connectivity index (χ4n) is 2.10. The van der Waals surface area contributed by atoms with Crippen LogP contribution in [0.25, 0.3) is 0 Å². The number of amides is 2. The molecule has 0 atom stereocenters. The lowest BCUT2D eigenvalue weighted by Gasteiger charge is -2.23. The Bertz CT molecular complexity index is 540. The second-order valence-corrected chi connectivity index (χ2v) is 5.18. The Hall–Kier alpha value is -2.08. The van der Waals surface area contributed by atoms with Gasteiger partial charge in [0.25, 0.3) is 0 Å². The van der Waals surface area contributed by atoms with Gasteiger partial charge in [0.1, 0.15) is 0 Å². The van der Waals surface area contributed by atoms with Crippen LogP contribution in [0.5, 0.6) is 0 Å². The molecule has 0 aromatic heterocycles. The zero-order valence-electron chi connectivity index (χ0n) is 12.3. The van der Waals surface area contributed by atoms with Gasteiger partial charge in [-0.05, 0) is 37.5 Å². The Morgan fingerprint density at radius 3 is 2.71 bits per heavy atom. The van der Waals surface area contributed by atoms with Gasteiger partial charge in [-0.25, -0.2) is 9.59 Å². The number of carbonyl (C=O) groups is 2. The van der Waals surface area contributed by atoms with Crippen molar-refractivity contribution < 1.29 is 19.4 Å². The third-order valence-corrected chi connectivity index (χ3v) is 3.51. The van der Waals surface area contributed by atoms with Crippen LogP contribution in [0.4, 0.5) is 10.5 Å². The summed E-state index contributed by atoms with van der Waals surface area (Å²) >= 11 is 0. The van der Waals surface area contributed by atoms with Crippen molar-refractivity contribution in [1.82, 2.24) is 4.90 Å². The van der Waals surface area contributed by atoms with Crippen molar-refractivity contribution in [3.05, 3.63) is 29.3 Å². The first-order valence-corrected chi connectivity index (χ1v) is 6.93. The third kappa shape index (κ3) is 3.95. The van der Waals surface area contributed by atoms with Gasteiger partial charge in [0.2, 0.25) is 0 Å². The summed E-state index contributed by atoms with van der Waals surface area (Å²) in [7, 11) is 1.60. The Labute approximate surface area is 123 Å². The number of aromatic carboxylic acids is 1. The number of urea groups is 1. The number of methoxy groups -OCH3 is 1. The molecule has 2 rings (SSSR count). The largest absolute Gasteiger partial charge is 0.478 e. The molecule has 0 bridgehead atoms. The molecular weight excluding hydrogens is 272 g/mol. The van der Waals surface area contributed by atoms with Crippen LogP contribution in [0.3, 0.4) is 0 Å². The summed E-state index contributed by atoms with van der Waals surface area (Å²) in [6.07, 6.45) is 2.01. The Morgan fingerprint density at radius 1 is 1.43 bits per heavy atom. The first-order valence-electron chi connectivity index (χ1n) is 6.93. The van der Waals surface area contributed by atoms with Gasteiger partial charge in [-0.1, -0.05) is 6.07 Å². The summed E-state index contributed by atoms with van der Waals surface area (Å²) in [6.45, 7) is 2.85. The number of carboxylic acid groups (broad SMARTS) is 1. The standard InChI is InChI=1S/C15H20N2O4/c1-10-3-4-11(14(18)19)9-13(10)16-15(20)17(7-8-21-2)12-5-6-12/h3-4,9,12H,5-8H2,1-2H3,(H,16,20)(H,18,19). The van der Waals surface area contributed by atoms with Gasteiger partial charge in [-0.3, -0.25) is 0 Å². The van der Waals surface area contributed by atoms with Gasteiger partial charge in [0.15, 0.2) is 0 Å². The summed E-state index contributed by atoms with van der Waals surface area (Å²) in [5.41, 5.74) is 1.52. The molecular formula is C15H20N2O4. The lowest BCUT2D eigenvalue weighted by atomic mass is 10.1. The highest BCUT2D eigenvalue weighted by Gasteiger charge is 2.32. The maximum absolute atomic E-state index is 12.3. The van der Waals surface area contributed by atoms with Gasteiger partial charge in [-0.15, -0.1) is 0 Å². The molecule has 1 fully saturated rings. The van der Waals surface area contributed by atoms with Crippen LogP contribution < -0.4 is 5.32 Å². The number of anilines is 1. The maximum atomic E-state index is 12.3. The van der Waals surface area contributed by atoms with E-state index in [-0.39, 0.29) is 17.6 Å². The van der Waals surface area contributed by atoms with Crippen LogP contribution >= 0.6 is 0 Å². The number of ether oxygens (including phenoxy) is 1. The van der Waals surface area contributed by atoms with Crippen LogP contribution in [0, 0.1) is 6.92 Å². The molecule has 6 heteroatoms. The van der Waals surface area contributed by atoms with Crippen molar-refractivity contribution in [3.63, 3.8) is 0 Å². The van der Waals surface area contributed by atoms with Crippen LogP contribution in [-0.2, 0) is 4.74 Å². The van der Waals surface area contributed by atoms with Crippen LogP contribution in [-0.4, -0.2) is 48.3 Å². The number of aryl methyl sites for hydroxylation is 1. The predicted molar refractivity (Wildman–Crippen MR) is 78.8 cm³/mol. The molecule has 0 aliphatic heterocycles. The van der Waals surface area contributed by atoms with E-state index in [9.17, 15) is 9.59 Å². The van der Waals surface area contributed by atoms with E-state index in [1.54, 1.807) is 18.1 Å². The van der Waals surface area contributed by atoms with E-state index in [4.69, 9.17) is 9.84 Å². The summed E-state index contributed by atoms with van der Waals surface area (Å²) in [6, 6.07) is 4.76. The van der Waals surface area contributed by atoms with E-state index in [1.165, 1.54) is 12.1 Å². The number of rotatable bonds is 6. The molecule has 1 saturated carbocycles. The van der Waals surface area contributed by atoms with Crippen molar-refractivity contribution in [2.45, 2.75) is 25.8 Å². The summed E-state index contributed by atoms with van der Waals surface area (Å²) in [5.74, 6) is -1.01. The van der Waals surface area contributed by atoms with Gasteiger partial charge >= 0.3 is 12.0 Å². The molecule has 0 radical (unpaired) electrons. The van der Waals surface area contributed by atoms with E-state index < -0.39 is 5.97 Å². The smallest absolute Gasteiger partial charge is 0.335 e. The van der Waals surface area contributed by atoms with E-state index in [1.807, 2.05) is 6.92 Å². The highest BCUT2D eigenvalue weighted by Crippen LogP contribution is 2.27. The lowest BCUT2D eigenvalue weighted by Crippen LogP contribution is -2.39. The highest BCUT2D eigenvalue weighted by molar-refractivity contribution is 5.94. The van der Waals surface area contributed by atoms with Crippen molar-refractivity contribution >= 4 is 17.7 Å². The van der Waals surface area contributed by atoms with Gasteiger partial charge in [-0.2, -0.15) is 0 Å². The maximum Gasteiger partial charge on any atom is 0.335 e. The minimum Gasteiger partial charge on any atom is -0.478 e. The van der Waals surface area contributed by atoms with E-state index in [0.29, 0.717) is 18.8 Å². The summed E-state index contributed by atoms with van der Waals surface area (Å²) < 4.78 is 5.03. The number of carbonyl (C=O) groups excluding carboxylic acids is 1. The minimum absolute atomic E-state index is 0.158. The molecule has 0 spiro atoms. The third-order valence-electron chi connectivity index (χ3n) is 3.51. The normalized spacial score (nSPS) is 13.8. The van der Waals surface area contributed by atoms with E-state index in [0.717, 1.165) is 18.4 Å². The zero-order valence-corrected chi connectivity index (χ0v) is 12.3. The Morgan fingerprint density at radius 2 is 2.14 bits per heavy atom. The Kier molecular flexibility index (Phi) is 4.80. The number of carboxylic acids is 1. The number of hydrogen-bond acceptors (Lipinski definition) is 3. The molecule has 1 aliphatic rings. The molecule has 114 valence electrons. The monoisotopic (exact) mass is 292 g/mol. The number of benzene rings is 1. The second-order valence-electron chi connectivity index (χ2n) is 5.18. The molecule has 2 amide bonds. The summed E-state index contributed by atoms with van der Waals surface area (Å²) in [4.78, 5) is 25.1. The van der Waals surface area contributed by atoms with Crippen molar-refractivity contribution in [2.24, 2.45) is 0 Å². The SMILES string of the molecule is COCCN(C(=O)Nc1cc(C(=O)O)ccc1C)C1CC1. The topological polar surface area (TPSA) is 78.9 Å². The quantitative estimate of drug-likeness (QED) is 0.843. The minimum atomic E-state index is -1.01. The molecule has 2 N–H and O–H groups in total. The number of hydrogen-bond donors (Lipinski definition) is 2. The van der Waals surface area contributed by atoms with Gasteiger partial charge in [0.05, 0.1) is 12.2 Å². The van der Waals surface area contributed by atoms with E-state index in [2.05, 4.69) is 5.32 Å². The fourth-order valence-corrected chi connectivity index (χ4v) is 2.10. The lowest BCUT2D eigenvalue weighted by molar-refractivity contribution is 0.0697. The Balaban J connectivity index is 2.10. The average molecular weight is 292 g/mol. The van der Waals surface area contributed by atoms with Crippen LogP contribution in [0.2, 0.25) is 0 Å². The fraction of sp³-hybridized carbons (Fsp3) is 0.467. The second kappa shape index (κ2) is 6.58. The zero-order chi connectivity index (χ0) is 15.4.